The number of amides is 1. The van der Waals surface area contributed by atoms with E-state index in [2.05, 4.69) is 39.2 Å². The smallest absolute Gasteiger partial charge is 0.257 e. The van der Waals surface area contributed by atoms with Crippen LogP contribution in [-0.2, 0) is 6.54 Å². The molecule has 2 fully saturated rings. The Morgan fingerprint density at radius 2 is 1.91 bits per heavy atom. The highest BCUT2D eigenvalue weighted by Crippen LogP contribution is 2.33. The Hall–Kier alpha value is -3.12. The van der Waals surface area contributed by atoms with Crippen molar-refractivity contribution in [3.05, 3.63) is 78.1 Å². The minimum absolute atomic E-state index is 0.106. The summed E-state index contributed by atoms with van der Waals surface area (Å²) in [4.78, 5) is 18.3. The Kier molecular flexibility index (Phi) is 6.44. The van der Waals surface area contributed by atoms with Gasteiger partial charge in [0.05, 0.1) is 17.9 Å². The average Bonchev–Trinajstić information content (AvgIpc) is 3.46. The molecule has 2 aromatic carbocycles. The van der Waals surface area contributed by atoms with Crippen molar-refractivity contribution < 1.29 is 9.53 Å². The Morgan fingerprint density at radius 3 is 2.76 bits per heavy atom. The Bertz CT molecular complexity index is 1080. The summed E-state index contributed by atoms with van der Waals surface area (Å²) in [7, 11) is 0. The van der Waals surface area contributed by atoms with E-state index < -0.39 is 0 Å². The molecule has 2 aliphatic rings. The number of benzene rings is 2. The van der Waals surface area contributed by atoms with Crippen molar-refractivity contribution in [3.8, 4) is 11.4 Å². The maximum absolute atomic E-state index is 13.7. The van der Waals surface area contributed by atoms with Crippen molar-refractivity contribution in [1.82, 2.24) is 19.6 Å². The zero-order chi connectivity index (χ0) is 22.6. The summed E-state index contributed by atoms with van der Waals surface area (Å²) in [6, 6.07) is 18.3. The Balaban J connectivity index is 1.36. The average molecular weight is 445 g/mol. The molecular weight excluding hydrogens is 412 g/mol. The number of fused-ring (bicyclic) bond motifs is 1. The van der Waals surface area contributed by atoms with Crippen LogP contribution in [0.1, 0.15) is 42.1 Å². The predicted molar refractivity (Wildman–Crippen MR) is 129 cm³/mol. The maximum atomic E-state index is 13.7. The second kappa shape index (κ2) is 9.79. The number of para-hydroxylation sites is 2. The highest BCUT2D eigenvalue weighted by molar-refractivity contribution is 5.97. The first-order valence-electron chi connectivity index (χ1n) is 12.1. The van der Waals surface area contributed by atoms with E-state index in [1.54, 1.807) is 0 Å². The second-order valence-corrected chi connectivity index (χ2v) is 9.02. The first kappa shape index (κ1) is 21.7. The molecule has 1 aromatic heterocycles. The molecule has 0 aliphatic carbocycles. The van der Waals surface area contributed by atoms with E-state index in [0.717, 1.165) is 38.3 Å². The Morgan fingerprint density at radius 1 is 1.06 bits per heavy atom. The summed E-state index contributed by atoms with van der Waals surface area (Å²) in [5.74, 6) is 1.30. The molecule has 33 heavy (non-hydrogen) atoms. The molecule has 0 spiro atoms. The molecule has 3 aromatic rings. The number of carbonyl (C=O) groups is 1. The molecule has 6 heteroatoms. The second-order valence-electron chi connectivity index (χ2n) is 9.02. The third kappa shape index (κ3) is 4.53. The molecule has 0 N–H and O–H groups in total. The summed E-state index contributed by atoms with van der Waals surface area (Å²) < 4.78 is 7.71. The standard InChI is InChI=1S/C27H32N4O2/c1-2-33-26-14-6-4-12-23(26)27(32)30-16-8-7-11-22-19-29(20-25(22)30)18-21-10-3-5-13-24(21)31-17-9-15-28-31/h3-6,9-10,12-15,17,22,25H,2,7-8,11,16,18-20H2,1H3/t22-,25+/m0/s1. The number of aromatic nitrogens is 2. The summed E-state index contributed by atoms with van der Waals surface area (Å²) >= 11 is 0. The molecule has 3 heterocycles. The largest absolute Gasteiger partial charge is 0.493 e. The van der Waals surface area contributed by atoms with E-state index in [1.807, 2.05) is 54.3 Å². The normalized spacial score (nSPS) is 20.9. The lowest BCUT2D eigenvalue weighted by molar-refractivity contribution is 0.0659. The third-order valence-electron chi connectivity index (χ3n) is 6.92. The fourth-order valence-electron chi connectivity index (χ4n) is 5.41. The van der Waals surface area contributed by atoms with E-state index >= 15 is 0 Å². The number of likely N-dealkylation sites (tertiary alicyclic amines) is 2. The topological polar surface area (TPSA) is 50.6 Å². The number of hydrogen-bond acceptors (Lipinski definition) is 4. The molecule has 1 amide bonds. The van der Waals surface area contributed by atoms with Crippen LogP contribution in [0.15, 0.2) is 67.0 Å². The molecule has 172 valence electrons. The number of hydrogen-bond donors (Lipinski definition) is 0. The van der Waals surface area contributed by atoms with Crippen LogP contribution in [-0.4, -0.2) is 57.8 Å². The highest BCUT2D eigenvalue weighted by Gasteiger charge is 2.40. The van der Waals surface area contributed by atoms with E-state index in [0.29, 0.717) is 23.8 Å². The first-order chi connectivity index (χ1) is 16.2. The summed E-state index contributed by atoms with van der Waals surface area (Å²) in [6.45, 7) is 6.12. The van der Waals surface area contributed by atoms with Crippen molar-refractivity contribution in [3.63, 3.8) is 0 Å². The zero-order valence-corrected chi connectivity index (χ0v) is 19.3. The van der Waals surface area contributed by atoms with Crippen LogP contribution in [0.3, 0.4) is 0 Å². The van der Waals surface area contributed by atoms with Crippen LogP contribution >= 0.6 is 0 Å². The third-order valence-corrected chi connectivity index (χ3v) is 6.92. The molecular formula is C27H32N4O2. The van der Waals surface area contributed by atoms with Gasteiger partial charge < -0.3 is 9.64 Å². The van der Waals surface area contributed by atoms with Crippen molar-refractivity contribution >= 4 is 5.91 Å². The van der Waals surface area contributed by atoms with Crippen LogP contribution in [0, 0.1) is 5.92 Å². The van der Waals surface area contributed by atoms with Crippen molar-refractivity contribution in [2.45, 2.75) is 38.8 Å². The molecule has 5 rings (SSSR count). The van der Waals surface area contributed by atoms with Crippen molar-refractivity contribution in [2.75, 3.05) is 26.2 Å². The number of nitrogens with zero attached hydrogens (tertiary/aromatic N) is 4. The lowest BCUT2D eigenvalue weighted by Gasteiger charge is -2.31. The molecule has 2 atom stereocenters. The minimum atomic E-state index is 0.106. The van der Waals surface area contributed by atoms with Crippen molar-refractivity contribution in [1.29, 1.82) is 0 Å². The van der Waals surface area contributed by atoms with E-state index in [9.17, 15) is 4.79 Å². The van der Waals surface area contributed by atoms with Gasteiger partial charge in [0.25, 0.3) is 5.91 Å². The van der Waals surface area contributed by atoms with Gasteiger partial charge in [0.2, 0.25) is 0 Å². The van der Waals surface area contributed by atoms with E-state index in [-0.39, 0.29) is 11.9 Å². The molecule has 0 bridgehead atoms. The van der Waals surface area contributed by atoms with Gasteiger partial charge in [-0.2, -0.15) is 5.10 Å². The van der Waals surface area contributed by atoms with Gasteiger partial charge in [-0.15, -0.1) is 0 Å². The molecule has 2 saturated heterocycles. The SMILES string of the molecule is CCOc1ccccc1C(=O)N1CCCC[C@H]2CN(Cc3ccccc3-n3cccn3)C[C@H]21. The van der Waals surface area contributed by atoms with Gasteiger partial charge in [-0.25, -0.2) is 4.68 Å². The van der Waals surface area contributed by atoms with Gasteiger partial charge in [0.1, 0.15) is 5.75 Å². The zero-order valence-electron chi connectivity index (χ0n) is 19.3. The monoisotopic (exact) mass is 444 g/mol. The maximum Gasteiger partial charge on any atom is 0.257 e. The van der Waals surface area contributed by atoms with E-state index in [4.69, 9.17) is 4.74 Å². The summed E-state index contributed by atoms with van der Waals surface area (Å²) in [6.07, 6.45) is 7.23. The number of ether oxygens (including phenoxy) is 1. The predicted octanol–water partition coefficient (Wildman–Crippen LogP) is 4.40. The van der Waals surface area contributed by atoms with Crippen LogP contribution < -0.4 is 4.74 Å². The number of carbonyl (C=O) groups excluding carboxylic acids is 1. The van der Waals surface area contributed by atoms with E-state index in [1.165, 1.54) is 18.4 Å². The quantitative estimate of drug-likeness (QED) is 0.566. The van der Waals surface area contributed by atoms with Gasteiger partial charge >= 0.3 is 0 Å². The highest BCUT2D eigenvalue weighted by atomic mass is 16.5. The van der Waals surface area contributed by atoms with Crippen molar-refractivity contribution in [2.24, 2.45) is 5.92 Å². The molecule has 0 unspecified atom stereocenters. The van der Waals surface area contributed by atoms with Gasteiger partial charge in [-0.3, -0.25) is 9.69 Å². The van der Waals surface area contributed by atoms with Gasteiger partial charge in [0.15, 0.2) is 0 Å². The first-order valence-corrected chi connectivity index (χ1v) is 12.1. The summed E-state index contributed by atoms with van der Waals surface area (Å²) in [5.41, 5.74) is 3.06. The molecule has 2 aliphatic heterocycles. The molecule has 0 radical (unpaired) electrons. The minimum Gasteiger partial charge on any atom is -0.493 e. The number of rotatable bonds is 6. The van der Waals surface area contributed by atoms with Crippen LogP contribution in [0.25, 0.3) is 5.69 Å². The van der Waals surface area contributed by atoms with Crippen LogP contribution in [0.4, 0.5) is 0 Å². The van der Waals surface area contributed by atoms with Crippen LogP contribution in [0.5, 0.6) is 5.75 Å². The van der Waals surface area contributed by atoms with Gasteiger partial charge in [-0.05, 0) is 55.5 Å². The fourth-order valence-corrected chi connectivity index (χ4v) is 5.41. The Labute approximate surface area is 195 Å². The van der Waals surface area contributed by atoms with Gasteiger partial charge in [-0.1, -0.05) is 36.8 Å². The molecule has 6 nitrogen and oxygen atoms in total. The molecule has 0 saturated carbocycles. The lowest BCUT2D eigenvalue weighted by Crippen LogP contribution is -2.44. The fraction of sp³-hybridized carbons (Fsp3) is 0.407. The lowest BCUT2D eigenvalue weighted by atomic mass is 9.98. The van der Waals surface area contributed by atoms with Crippen LogP contribution in [0.2, 0.25) is 0 Å². The summed E-state index contributed by atoms with van der Waals surface area (Å²) in [5, 5.41) is 4.43. The van der Waals surface area contributed by atoms with Gasteiger partial charge in [0, 0.05) is 44.6 Å².